The van der Waals surface area contributed by atoms with E-state index in [1.54, 1.807) is 0 Å². The standard InChI is InChI=1S/C63H120O6/c1-4-7-10-13-16-19-22-25-28-30-32-35-38-41-44-47-50-53-56-62(65)68-59-60(58-67-61(64)55-52-49-46-43-40-37-34-27-24-21-18-15-12-9-6-3)69-63(66)57-54-51-48-45-42-39-36-33-31-29-26-23-20-17-14-11-8-5-2/h27,34,60H,4-26,28-33,35-59H2,1-3H3/b34-27-/t60-/m1/s1. The Morgan fingerprint density at radius 2 is 0.478 bits per heavy atom. The minimum absolute atomic E-state index is 0.0660. The van der Waals surface area contributed by atoms with Crippen molar-refractivity contribution in [2.24, 2.45) is 0 Å². The predicted molar refractivity (Wildman–Crippen MR) is 298 cm³/mol. The molecule has 0 aromatic rings. The van der Waals surface area contributed by atoms with Crippen LogP contribution in [0.25, 0.3) is 0 Å². The van der Waals surface area contributed by atoms with Crippen LogP contribution >= 0.6 is 0 Å². The molecule has 6 heteroatoms. The van der Waals surface area contributed by atoms with Gasteiger partial charge in [0, 0.05) is 19.3 Å². The van der Waals surface area contributed by atoms with Crippen LogP contribution in [-0.2, 0) is 28.6 Å². The first kappa shape index (κ1) is 67.1. The van der Waals surface area contributed by atoms with Gasteiger partial charge in [0.1, 0.15) is 13.2 Å². The van der Waals surface area contributed by atoms with E-state index in [9.17, 15) is 14.4 Å². The summed E-state index contributed by atoms with van der Waals surface area (Å²) >= 11 is 0. The van der Waals surface area contributed by atoms with Crippen molar-refractivity contribution in [1.82, 2.24) is 0 Å². The number of ether oxygens (including phenoxy) is 3. The van der Waals surface area contributed by atoms with Gasteiger partial charge in [-0.3, -0.25) is 14.4 Å². The summed E-state index contributed by atoms with van der Waals surface area (Å²) in [4.78, 5) is 38.3. The zero-order chi connectivity index (χ0) is 50.0. The highest BCUT2D eigenvalue weighted by Crippen LogP contribution is 2.18. The van der Waals surface area contributed by atoms with Crippen LogP contribution in [0.2, 0.25) is 0 Å². The molecule has 6 nitrogen and oxygen atoms in total. The Morgan fingerprint density at radius 1 is 0.275 bits per heavy atom. The molecule has 0 heterocycles. The molecule has 0 aromatic heterocycles. The Bertz CT molecular complexity index is 1070. The Labute approximate surface area is 431 Å². The minimum atomic E-state index is -0.768. The number of hydrogen-bond acceptors (Lipinski definition) is 6. The van der Waals surface area contributed by atoms with Crippen molar-refractivity contribution in [3.63, 3.8) is 0 Å². The number of carbonyl (C=O) groups is 3. The highest BCUT2D eigenvalue weighted by molar-refractivity contribution is 5.71. The quantitative estimate of drug-likeness (QED) is 0.0261. The van der Waals surface area contributed by atoms with Gasteiger partial charge >= 0.3 is 17.9 Å². The van der Waals surface area contributed by atoms with Crippen LogP contribution in [-0.4, -0.2) is 37.2 Å². The summed E-state index contributed by atoms with van der Waals surface area (Å²) < 4.78 is 16.9. The topological polar surface area (TPSA) is 78.9 Å². The highest BCUT2D eigenvalue weighted by Gasteiger charge is 2.19. The molecule has 0 saturated carbocycles. The van der Waals surface area contributed by atoms with Gasteiger partial charge in [-0.05, 0) is 44.9 Å². The fraction of sp³-hybridized carbons (Fsp3) is 0.921. The van der Waals surface area contributed by atoms with Crippen molar-refractivity contribution in [3.05, 3.63) is 12.2 Å². The van der Waals surface area contributed by atoms with E-state index in [0.29, 0.717) is 19.3 Å². The number of allylic oxidation sites excluding steroid dienone is 2. The summed E-state index contributed by atoms with van der Waals surface area (Å²) in [7, 11) is 0. The Kier molecular flexibility index (Phi) is 57.1. The van der Waals surface area contributed by atoms with Crippen molar-refractivity contribution in [2.75, 3.05) is 13.2 Å². The van der Waals surface area contributed by atoms with Crippen LogP contribution in [0.4, 0.5) is 0 Å². The van der Waals surface area contributed by atoms with E-state index in [1.807, 2.05) is 0 Å². The van der Waals surface area contributed by atoms with Crippen molar-refractivity contribution >= 4 is 17.9 Å². The van der Waals surface area contributed by atoms with Crippen molar-refractivity contribution in [3.8, 4) is 0 Å². The lowest BCUT2D eigenvalue weighted by atomic mass is 10.0. The zero-order valence-electron chi connectivity index (χ0n) is 46.9. The lowest BCUT2D eigenvalue weighted by molar-refractivity contribution is -0.167. The van der Waals surface area contributed by atoms with E-state index in [0.717, 1.165) is 64.2 Å². The first-order valence-electron chi connectivity index (χ1n) is 31.2. The third kappa shape index (κ3) is 56.9. The number of esters is 3. The fourth-order valence-electron chi connectivity index (χ4n) is 9.56. The fourth-order valence-corrected chi connectivity index (χ4v) is 9.56. The molecule has 1 atom stereocenters. The predicted octanol–water partition coefficient (Wildman–Crippen LogP) is 20.9. The summed E-state index contributed by atoms with van der Waals surface area (Å²) in [6.07, 6.45) is 67.8. The smallest absolute Gasteiger partial charge is 0.306 e. The van der Waals surface area contributed by atoms with Crippen molar-refractivity contribution < 1.29 is 28.6 Å². The third-order valence-corrected chi connectivity index (χ3v) is 14.3. The van der Waals surface area contributed by atoms with E-state index in [1.165, 1.54) is 250 Å². The van der Waals surface area contributed by atoms with Gasteiger partial charge in [-0.2, -0.15) is 0 Å². The molecule has 408 valence electrons. The molecule has 0 aliphatic rings. The van der Waals surface area contributed by atoms with E-state index >= 15 is 0 Å². The molecule has 0 bridgehead atoms. The second kappa shape index (κ2) is 58.7. The first-order chi connectivity index (χ1) is 34.0. The molecule has 0 aliphatic heterocycles. The molecule has 0 N–H and O–H groups in total. The van der Waals surface area contributed by atoms with Gasteiger partial charge in [0.05, 0.1) is 0 Å². The van der Waals surface area contributed by atoms with Crippen LogP contribution in [0.15, 0.2) is 12.2 Å². The second-order valence-corrected chi connectivity index (χ2v) is 21.3. The number of unbranched alkanes of at least 4 members (excludes halogenated alkanes) is 45. The van der Waals surface area contributed by atoms with Gasteiger partial charge in [-0.25, -0.2) is 0 Å². The summed E-state index contributed by atoms with van der Waals surface area (Å²) in [5.41, 5.74) is 0. The summed E-state index contributed by atoms with van der Waals surface area (Å²) in [5, 5.41) is 0. The SMILES string of the molecule is CCCCCCCC/C=C\CCCCCCCC(=O)OC[C@H](COC(=O)CCCCCCCCCCCCCCCCCCCC)OC(=O)CCCCCCCCCCCCCCCCCCCC. The van der Waals surface area contributed by atoms with Crippen LogP contribution < -0.4 is 0 Å². The monoisotopic (exact) mass is 973 g/mol. The molecule has 0 spiro atoms. The summed E-state index contributed by atoms with van der Waals surface area (Å²) in [5.74, 6) is -0.845. The van der Waals surface area contributed by atoms with Crippen LogP contribution in [0.1, 0.15) is 355 Å². The maximum absolute atomic E-state index is 12.9. The van der Waals surface area contributed by atoms with Gasteiger partial charge in [-0.1, -0.05) is 303 Å². The molecule has 0 amide bonds. The van der Waals surface area contributed by atoms with Crippen molar-refractivity contribution in [1.29, 1.82) is 0 Å². The molecular weight excluding hydrogens is 853 g/mol. The minimum Gasteiger partial charge on any atom is -0.462 e. The van der Waals surface area contributed by atoms with E-state index in [-0.39, 0.29) is 31.1 Å². The maximum Gasteiger partial charge on any atom is 0.306 e. The maximum atomic E-state index is 12.9. The van der Waals surface area contributed by atoms with Crippen LogP contribution in [0, 0.1) is 0 Å². The molecule has 0 rings (SSSR count). The lowest BCUT2D eigenvalue weighted by Gasteiger charge is -2.18. The van der Waals surface area contributed by atoms with Gasteiger partial charge in [-0.15, -0.1) is 0 Å². The Morgan fingerprint density at radius 3 is 0.725 bits per heavy atom. The second-order valence-electron chi connectivity index (χ2n) is 21.3. The number of rotatable bonds is 58. The number of carbonyl (C=O) groups excluding carboxylic acids is 3. The molecule has 0 radical (unpaired) electrons. The normalized spacial score (nSPS) is 12.0. The highest BCUT2D eigenvalue weighted by atomic mass is 16.6. The number of hydrogen-bond donors (Lipinski definition) is 0. The zero-order valence-corrected chi connectivity index (χ0v) is 46.9. The van der Waals surface area contributed by atoms with E-state index < -0.39 is 6.10 Å². The van der Waals surface area contributed by atoms with Gasteiger partial charge in [0.2, 0.25) is 0 Å². The Balaban J connectivity index is 4.30. The molecular formula is C63H120O6. The molecule has 0 unspecified atom stereocenters. The van der Waals surface area contributed by atoms with E-state index in [4.69, 9.17) is 14.2 Å². The molecule has 0 aromatic carbocycles. The van der Waals surface area contributed by atoms with E-state index in [2.05, 4.69) is 32.9 Å². The molecule has 0 saturated heterocycles. The van der Waals surface area contributed by atoms with Crippen LogP contribution in [0.5, 0.6) is 0 Å². The Hall–Kier alpha value is -1.85. The lowest BCUT2D eigenvalue weighted by Crippen LogP contribution is -2.30. The van der Waals surface area contributed by atoms with Gasteiger partial charge < -0.3 is 14.2 Å². The molecule has 69 heavy (non-hydrogen) atoms. The van der Waals surface area contributed by atoms with Crippen LogP contribution in [0.3, 0.4) is 0 Å². The summed E-state index contributed by atoms with van der Waals surface area (Å²) in [6.45, 7) is 6.70. The first-order valence-corrected chi connectivity index (χ1v) is 31.2. The largest absolute Gasteiger partial charge is 0.462 e. The molecule has 0 fully saturated rings. The van der Waals surface area contributed by atoms with Crippen molar-refractivity contribution in [2.45, 2.75) is 361 Å². The van der Waals surface area contributed by atoms with Gasteiger partial charge in [0.15, 0.2) is 6.10 Å². The average Bonchev–Trinajstić information content (AvgIpc) is 3.35. The summed E-state index contributed by atoms with van der Waals surface area (Å²) in [6, 6.07) is 0. The molecule has 0 aliphatic carbocycles. The third-order valence-electron chi connectivity index (χ3n) is 14.3. The van der Waals surface area contributed by atoms with Gasteiger partial charge in [0.25, 0.3) is 0 Å². The average molecular weight is 974 g/mol.